The number of anilines is 1. The molecule has 0 aromatic heterocycles. The number of rotatable bonds is 2. The average molecular weight is 235 g/mol. The standard InChI is InChI=1S/C12H13ClN3/c13-12-7-11(2-1-9(12)8-14)16-10-3-5-15-6-4-10/h1-2,7,10,16H,3-6H2. The Hall–Kier alpha value is -1.24. The van der Waals surface area contributed by atoms with Crippen molar-refractivity contribution < 1.29 is 0 Å². The molecule has 0 spiro atoms. The van der Waals surface area contributed by atoms with E-state index in [9.17, 15) is 0 Å². The minimum atomic E-state index is 0.474. The molecule has 1 fully saturated rings. The highest BCUT2D eigenvalue weighted by atomic mass is 35.5. The highest BCUT2D eigenvalue weighted by Gasteiger charge is 2.13. The molecule has 1 aliphatic heterocycles. The molecule has 0 atom stereocenters. The van der Waals surface area contributed by atoms with E-state index in [2.05, 4.69) is 16.7 Å². The van der Waals surface area contributed by atoms with Gasteiger partial charge in [0.1, 0.15) is 6.07 Å². The van der Waals surface area contributed by atoms with Crippen LogP contribution in [0.25, 0.3) is 0 Å². The molecule has 1 radical (unpaired) electrons. The van der Waals surface area contributed by atoms with Gasteiger partial charge < -0.3 is 5.32 Å². The van der Waals surface area contributed by atoms with E-state index in [-0.39, 0.29) is 0 Å². The largest absolute Gasteiger partial charge is 0.382 e. The molecule has 3 nitrogen and oxygen atoms in total. The van der Waals surface area contributed by atoms with Crippen LogP contribution in [0.2, 0.25) is 5.02 Å². The second-order valence-corrected chi connectivity index (χ2v) is 4.30. The molecule has 1 aliphatic rings. The summed E-state index contributed by atoms with van der Waals surface area (Å²) in [5.74, 6) is 0. The predicted octanol–water partition coefficient (Wildman–Crippen LogP) is 2.39. The third-order valence-corrected chi connectivity index (χ3v) is 3.04. The van der Waals surface area contributed by atoms with Crippen molar-refractivity contribution in [3.63, 3.8) is 0 Å². The summed E-state index contributed by atoms with van der Waals surface area (Å²) in [4.78, 5) is 0. The maximum atomic E-state index is 8.76. The molecule has 16 heavy (non-hydrogen) atoms. The Balaban J connectivity index is 2.04. The first-order valence-corrected chi connectivity index (χ1v) is 5.77. The van der Waals surface area contributed by atoms with Crippen LogP contribution in [0.5, 0.6) is 0 Å². The van der Waals surface area contributed by atoms with Crippen LogP contribution in [0.1, 0.15) is 18.4 Å². The smallest absolute Gasteiger partial charge is 0.101 e. The van der Waals surface area contributed by atoms with Crippen LogP contribution in [-0.4, -0.2) is 19.1 Å². The Bertz CT molecular complexity index is 405. The highest BCUT2D eigenvalue weighted by molar-refractivity contribution is 6.32. The van der Waals surface area contributed by atoms with Crippen molar-refractivity contribution in [1.29, 1.82) is 5.26 Å². The molecule has 1 aromatic carbocycles. The SMILES string of the molecule is N#Cc1ccc(NC2CC[N]CC2)cc1Cl. The van der Waals surface area contributed by atoms with Gasteiger partial charge >= 0.3 is 0 Å². The minimum absolute atomic E-state index is 0.474. The minimum Gasteiger partial charge on any atom is -0.382 e. The molecule has 1 heterocycles. The number of hydrogen-bond acceptors (Lipinski definition) is 2. The summed E-state index contributed by atoms with van der Waals surface area (Å²) in [6.07, 6.45) is 2.13. The topological polar surface area (TPSA) is 49.9 Å². The van der Waals surface area contributed by atoms with Crippen molar-refractivity contribution in [3.8, 4) is 6.07 Å². The number of halogens is 1. The lowest BCUT2D eigenvalue weighted by Crippen LogP contribution is -2.31. The number of nitriles is 1. The fraction of sp³-hybridized carbons (Fsp3) is 0.417. The Kier molecular flexibility index (Phi) is 3.66. The first-order chi connectivity index (χ1) is 7.79. The molecular formula is C12H13ClN3. The number of nitrogens with one attached hydrogen (secondary N) is 1. The fourth-order valence-electron chi connectivity index (χ4n) is 1.83. The molecule has 0 saturated carbocycles. The Labute approximate surface area is 100 Å². The maximum absolute atomic E-state index is 8.76. The lowest BCUT2D eigenvalue weighted by molar-refractivity contribution is 0.472. The van der Waals surface area contributed by atoms with Gasteiger partial charge in [0.2, 0.25) is 0 Å². The summed E-state index contributed by atoms with van der Waals surface area (Å²) < 4.78 is 0. The number of benzene rings is 1. The first kappa shape index (κ1) is 11.3. The number of nitrogens with zero attached hydrogens (tertiary/aromatic N) is 2. The Morgan fingerprint density at radius 3 is 2.75 bits per heavy atom. The van der Waals surface area contributed by atoms with Gasteiger partial charge in [-0.3, -0.25) is 0 Å². The zero-order valence-corrected chi connectivity index (χ0v) is 9.67. The molecule has 1 aromatic rings. The number of hydrogen-bond donors (Lipinski definition) is 1. The Morgan fingerprint density at radius 2 is 2.12 bits per heavy atom. The summed E-state index contributed by atoms with van der Waals surface area (Å²) in [6, 6.07) is 7.98. The van der Waals surface area contributed by atoms with Gasteiger partial charge in [-0.05, 0) is 31.0 Å². The van der Waals surface area contributed by atoms with Gasteiger partial charge in [0.05, 0.1) is 10.6 Å². The van der Waals surface area contributed by atoms with Crippen molar-refractivity contribution in [2.75, 3.05) is 18.4 Å². The van der Waals surface area contributed by atoms with E-state index in [0.717, 1.165) is 31.6 Å². The third-order valence-electron chi connectivity index (χ3n) is 2.73. The highest BCUT2D eigenvalue weighted by Crippen LogP contribution is 2.22. The zero-order valence-electron chi connectivity index (χ0n) is 8.91. The van der Waals surface area contributed by atoms with Crippen LogP contribution >= 0.6 is 11.6 Å². The molecule has 0 bridgehead atoms. The summed E-state index contributed by atoms with van der Waals surface area (Å²) in [7, 11) is 0. The molecular weight excluding hydrogens is 222 g/mol. The van der Waals surface area contributed by atoms with Gasteiger partial charge in [0, 0.05) is 24.8 Å². The van der Waals surface area contributed by atoms with Crippen LogP contribution in [0.15, 0.2) is 18.2 Å². The van der Waals surface area contributed by atoms with E-state index >= 15 is 0 Å². The Morgan fingerprint density at radius 1 is 1.38 bits per heavy atom. The van der Waals surface area contributed by atoms with E-state index in [1.54, 1.807) is 6.07 Å². The van der Waals surface area contributed by atoms with Crippen LogP contribution in [-0.2, 0) is 0 Å². The van der Waals surface area contributed by atoms with E-state index in [4.69, 9.17) is 16.9 Å². The summed E-state index contributed by atoms with van der Waals surface area (Å²) in [5, 5.41) is 17.0. The molecule has 4 heteroatoms. The summed E-state index contributed by atoms with van der Waals surface area (Å²) in [6.45, 7) is 1.86. The maximum Gasteiger partial charge on any atom is 0.101 e. The molecule has 0 aliphatic carbocycles. The van der Waals surface area contributed by atoms with Crippen molar-refractivity contribution in [3.05, 3.63) is 28.8 Å². The molecule has 83 valence electrons. The van der Waals surface area contributed by atoms with Gasteiger partial charge in [0.15, 0.2) is 0 Å². The predicted molar refractivity (Wildman–Crippen MR) is 64.7 cm³/mol. The van der Waals surface area contributed by atoms with Gasteiger partial charge in [-0.1, -0.05) is 11.6 Å². The van der Waals surface area contributed by atoms with Crippen molar-refractivity contribution >= 4 is 17.3 Å². The van der Waals surface area contributed by atoms with E-state index in [1.807, 2.05) is 12.1 Å². The van der Waals surface area contributed by atoms with Gasteiger partial charge in [-0.2, -0.15) is 5.26 Å². The van der Waals surface area contributed by atoms with Gasteiger partial charge in [0.25, 0.3) is 0 Å². The third kappa shape index (κ3) is 2.66. The molecule has 1 N–H and O–H groups in total. The van der Waals surface area contributed by atoms with Crippen LogP contribution in [0.4, 0.5) is 5.69 Å². The second kappa shape index (κ2) is 5.20. The van der Waals surface area contributed by atoms with Crippen molar-refractivity contribution in [1.82, 2.24) is 5.32 Å². The van der Waals surface area contributed by atoms with Crippen LogP contribution < -0.4 is 10.6 Å². The lowest BCUT2D eigenvalue weighted by atomic mass is 10.1. The lowest BCUT2D eigenvalue weighted by Gasteiger charge is -2.23. The van der Waals surface area contributed by atoms with E-state index < -0.39 is 0 Å². The summed E-state index contributed by atoms with van der Waals surface area (Å²) in [5.41, 5.74) is 1.50. The van der Waals surface area contributed by atoms with Crippen molar-refractivity contribution in [2.24, 2.45) is 0 Å². The fourth-order valence-corrected chi connectivity index (χ4v) is 2.05. The zero-order chi connectivity index (χ0) is 11.4. The quantitative estimate of drug-likeness (QED) is 0.854. The first-order valence-electron chi connectivity index (χ1n) is 5.39. The van der Waals surface area contributed by atoms with Gasteiger partial charge in [-0.15, -0.1) is 0 Å². The van der Waals surface area contributed by atoms with Gasteiger partial charge in [-0.25, -0.2) is 5.32 Å². The molecule has 0 unspecified atom stereocenters. The molecule has 0 amide bonds. The average Bonchev–Trinajstić information content (AvgIpc) is 2.31. The van der Waals surface area contributed by atoms with Crippen LogP contribution in [0, 0.1) is 11.3 Å². The van der Waals surface area contributed by atoms with Crippen molar-refractivity contribution in [2.45, 2.75) is 18.9 Å². The number of piperidine rings is 1. The normalized spacial score (nSPS) is 16.8. The second-order valence-electron chi connectivity index (χ2n) is 3.90. The summed E-state index contributed by atoms with van der Waals surface area (Å²) >= 11 is 5.97. The van der Waals surface area contributed by atoms with E-state index in [1.165, 1.54) is 0 Å². The van der Waals surface area contributed by atoms with Crippen LogP contribution in [0.3, 0.4) is 0 Å². The molecule has 2 rings (SSSR count). The molecule has 1 saturated heterocycles. The van der Waals surface area contributed by atoms with E-state index in [0.29, 0.717) is 16.6 Å². The monoisotopic (exact) mass is 234 g/mol.